The lowest BCUT2D eigenvalue weighted by atomic mass is 9.80. The maximum Gasteiger partial charge on any atom is 0.0155 e. The largest absolute Gasteiger partial charge is 0.0839 e. The van der Waals surface area contributed by atoms with Crippen molar-refractivity contribution in [2.75, 3.05) is 0 Å². The first-order valence-corrected chi connectivity index (χ1v) is 8.19. The summed E-state index contributed by atoms with van der Waals surface area (Å²) in [5, 5.41) is 0. The lowest BCUT2D eigenvalue weighted by Crippen LogP contribution is -2.16. The van der Waals surface area contributed by atoms with E-state index in [0.29, 0.717) is 0 Å². The molecule has 2 aromatic rings. The molecule has 0 fully saturated rings. The van der Waals surface area contributed by atoms with Crippen LogP contribution >= 0.6 is 0 Å². The van der Waals surface area contributed by atoms with Gasteiger partial charge in [0, 0.05) is 5.41 Å². The second-order valence-electron chi connectivity index (χ2n) is 7.08. The average molecular weight is 286 g/mol. The third-order valence-electron chi connectivity index (χ3n) is 5.25. The third-order valence-corrected chi connectivity index (χ3v) is 5.25. The molecule has 0 unspecified atom stereocenters. The number of hydrogen-bond donors (Lipinski definition) is 0. The Bertz CT molecular complexity index is 798. The van der Waals surface area contributed by atoms with Crippen LogP contribution in [0.1, 0.15) is 43.4 Å². The highest BCUT2D eigenvalue weighted by molar-refractivity contribution is 5.85. The second kappa shape index (κ2) is 4.71. The highest BCUT2D eigenvalue weighted by Gasteiger charge is 2.36. The third kappa shape index (κ3) is 1.90. The molecule has 2 aliphatic rings. The highest BCUT2D eigenvalue weighted by Crippen LogP contribution is 2.50. The molecule has 0 atom stereocenters. The van der Waals surface area contributed by atoms with Crippen molar-refractivity contribution in [1.82, 2.24) is 0 Å². The Morgan fingerprint density at radius 3 is 2.41 bits per heavy atom. The molecule has 110 valence electrons. The monoisotopic (exact) mass is 286 g/mol. The molecule has 2 aromatic carbocycles. The number of fused-ring (bicyclic) bond motifs is 2. The topological polar surface area (TPSA) is 0 Å². The molecular weight excluding hydrogens is 264 g/mol. The molecule has 0 saturated carbocycles. The molecule has 0 saturated heterocycles. The van der Waals surface area contributed by atoms with E-state index >= 15 is 0 Å². The first-order chi connectivity index (χ1) is 10.6. The zero-order chi connectivity index (χ0) is 15.3. The molecule has 0 heteroatoms. The first kappa shape index (κ1) is 13.6. The van der Waals surface area contributed by atoms with Gasteiger partial charge in [-0.3, -0.25) is 0 Å². The van der Waals surface area contributed by atoms with Gasteiger partial charge < -0.3 is 0 Å². The number of aryl methyl sites for hydroxylation is 1. The van der Waals surface area contributed by atoms with Gasteiger partial charge in [0.2, 0.25) is 0 Å². The van der Waals surface area contributed by atoms with E-state index in [1.807, 2.05) is 0 Å². The molecule has 0 spiro atoms. The molecule has 2 aliphatic carbocycles. The molecule has 0 radical (unpaired) electrons. The van der Waals surface area contributed by atoms with Gasteiger partial charge in [-0.1, -0.05) is 68.0 Å². The normalized spacial score (nSPS) is 18.3. The zero-order valence-corrected chi connectivity index (χ0v) is 13.6. The van der Waals surface area contributed by atoms with Gasteiger partial charge in [0.15, 0.2) is 0 Å². The van der Waals surface area contributed by atoms with Gasteiger partial charge in [0.25, 0.3) is 0 Å². The van der Waals surface area contributed by atoms with Crippen molar-refractivity contribution in [2.24, 2.45) is 0 Å². The van der Waals surface area contributed by atoms with Crippen molar-refractivity contribution in [2.45, 2.75) is 39.0 Å². The maximum atomic E-state index is 2.41. The van der Waals surface area contributed by atoms with Crippen LogP contribution in [0.2, 0.25) is 0 Å². The van der Waals surface area contributed by atoms with Gasteiger partial charge in [-0.15, -0.1) is 0 Å². The first-order valence-electron chi connectivity index (χ1n) is 8.19. The van der Waals surface area contributed by atoms with E-state index in [1.54, 1.807) is 5.57 Å². The highest BCUT2D eigenvalue weighted by atomic mass is 14.4. The Hall–Kier alpha value is -2.08. The van der Waals surface area contributed by atoms with Gasteiger partial charge >= 0.3 is 0 Å². The summed E-state index contributed by atoms with van der Waals surface area (Å²) in [6.45, 7) is 6.85. The zero-order valence-electron chi connectivity index (χ0n) is 13.6. The minimum atomic E-state index is 0.146. The number of benzene rings is 2. The Morgan fingerprint density at radius 2 is 1.64 bits per heavy atom. The SMILES string of the molecule is Cc1ccc(-c2ccc3c(c2)C2=C(C=CCC2)C3(C)C)cc1. The van der Waals surface area contributed by atoms with Crippen LogP contribution in [0.15, 0.2) is 60.2 Å². The van der Waals surface area contributed by atoms with Crippen LogP contribution < -0.4 is 0 Å². The quantitative estimate of drug-likeness (QED) is 0.598. The van der Waals surface area contributed by atoms with Crippen LogP contribution in [0.25, 0.3) is 16.7 Å². The van der Waals surface area contributed by atoms with Crippen molar-refractivity contribution in [1.29, 1.82) is 0 Å². The minimum Gasteiger partial charge on any atom is -0.0839 e. The molecule has 0 N–H and O–H groups in total. The molecule has 0 heterocycles. The van der Waals surface area contributed by atoms with Crippen molar-refractivity contribution in [3.63, 3.8) is 0 Å². The summed E-state index contributed by atoms with van der Waals surface area (Å²) < 4.78 is 0. The van der Waals surface area contributed by atoms with E-state index < -0.39 is 0 Å². The molecule has 22 heavy (non-hydrogen) atoms. The Labute approximate surface area is 133 Å². The van der Waals surface area contributed by atoms with Crippen molar-refractivity contribution < 1.29 is 0 Å². The second-order valence-corrected chi connectivity index (χ2v) is 7.08. The van der Waals surface area contributed by atoms with Gasteiger partial charge in [-0.2, -0.15) is 0 Å². The predicted octanol–water partition coefficient (Wildman–Crippen LogP) is 6.06. The van der Waals surface area contributed by atoms with E-state index in [9.17, 15) is 0 Å². The molecule has 0 amide bonds. The summed E-state index contributed by atoms with van der Waals surface area (Å²) in [7, 11) is 0. The Balaban J connectivity index is 1.87. The predicted molar refractivity (Wildman–Crippen MR) is 94.9 cm³/mol. The van der Waals surface area contributed by atoms with Crippen molar-refractivity contribution >= 4 is 5.57 Å². The summed E-state index contributed by atoms with van der Waals surface area (Å²) in [6.07, 6.45) is 7.03. The van der Waals surface area contributed by atoms with Crippen LogP contribution in [0.5, 0.6) is 0 Å². The van der Waals surface area contributed by atoms with E-state index in [4.69, 9.17) is 0 Å². The van der Waals surface area contributed by atoms with Gasteiger partial charge in [-0.05, 0) is 59.2 Å². The van der Waals surface area contributed by atoms with E-state index in [1.165, 1.54) is 46.2 Å². The van der Waals surface area contributed by atoms with Crippen LogP contribution in [0.3, 0.4) is 0 Å². The summed E-state index contributed by atoms with van der Waals surface area (Å²) in [4.78, 5) is 0. The standard InChI is InChI=1S/C22H22/c1-15-8-10-16(11-9-15)17-12-13-21-19(14-17)18-6-4-5-7-20(18)22(21,2)3/h5,7-14H,4,6H2,1-3H3. The van der Waals surface area contributed by atoms with E-state index in [-0.39, 0.29) is 5.41 Å². The minimum absolute atomic E-state index is 0.146. The molecule has 0 bridgehead atoms. The lowest BCUT2D eigenvalue weighted by molar-refractivity contribution is 0.651. The summed E-state index contributed by atoms with van der Waals surface area (Å²) in [5.74, 6) is 0. The maximum absolute atomic E-state index is 2.41. The summed E-state index contributed by atoms with van der Waals surface area (Å²) in [6, 6.07) is 15.9. The Kier molecular flexibility index (Phi) is 2.91. The van der Waals surface area contributed by atoms with Crippen LogP contribution in [-0.2, 0) is 5.41 Å². The fourth-order valence-electron chi connectivity index (χ4n) is 3.94. The number of allylic oxidation sites excluding steroid dienone is 4. The van der Waals surface area contributed by atoms with Crippen molar-refractivity contribution in [3.8, 4) is 11.1 Å². The smallest absolute Gasteiger partial charge is 0.0155 e. The molecule has 0 aliphatic heterocycles. The number of rotatable bonds is 1. The average Bonchev–Trinajstić information content (AvgIpc) is 2.77. The fourth-order valence-corrected chi connectivity index (χ4v) is 3.94. The summed E-state index contributed by atoms with van der Waals surface area (Å²) in [5.41, 5.74) is 10.2. The van der Waals surface area contributed by atoms with E-state index in [2.05, 4.69) is 75.4 Å². The van der Waals surface area contributed by atoms with Crippen molar-refractivity contribution in [3.05, 3.63) is 76.9 Å². The van der Waals surface area contributed by atoms with Crippen LogP contribution in [0, 0.1) is 6.92 Å². The Morgan fingerprint density at radius 1 is 0.909 bits per heavy atom. The van der Waals surface area contributed by atoms with Gasteiger partial charge in [0.05, 0.1) is 0 Å². The van der Waals surface area contributed by atoms with E-state index in [0.717, 1.165) is 0 Å². The van der Waals surface area contributed by atoms with Crippen LogP contribution in [0.4, 0.5) is 0 Å². The molecule has 4 rings (SSSR count). The lowest BCUT2D eigenvalue weighted by Gasteiger charge is -2.24. The molecule has 0 aromatic heterocycles. The van der Waals surface area contributed by atoms with Gasteiger partial charge in [0.1, 0.15) is 0 Å². The summed E-state index contributed by atoms with van der Waals surface area (Å²) >= 11 is 0. The molecule has 0 nitrogen and oxygen atoms in total. The molecular formula is C22H22. The number of hydrogen-bond acceptors (Lipinski definition) is 0. The fraction of sp³-hybridized carbons (Fsp3) is 0.273. The van der Waals surface area contributed by atoms with Crippen LogP contribution in [-0.4, -0.2) is 0 Å². The van der Waals surface area contributed by atoms with Gasteiger partial charge in [-0.25, -0.2) is 0 Å².